The van der Waals surface area contributed by atoms with E-state index in [1.165, 1.54) is 4.90 Å². The zero-order valence-electron chi connectivity index (χ0n) is 11.0. The Bertz CT molecular complexity index is 647. The summed E-state index contributed by atoms with van der Waals surface area (Å²) in [5.41, 5.74) is 5.83. The maximum absolute atomic E-state index is 13.7. The molecule has 1 amide bonds. The number of hydrogen-bond acceptors (Lipinski definition) is 2. The Morgan fingerprint density at radius 2 is 1.81 bits per heavy atom. The quantitative estimate of drug-likeness (QED) is 0.942. The van der Waals surface area contributed by atoms with Crippen LogP contribution < -0.4 is 10.6 Å². The smallest absolute Gasteiger partial charge is 0.261 e. The molecule has 2 aromatic rings. The number of nitrogens with zero attached hydrogens (tertiary/aromatic N) is 1. The van der Waals surface area contributed by atoms with Gasteiger partial charge in [-0.15, -0.1) is 0 Å². The third-order valence-electron chi connectivity index (χ3n) is 2.90. The van der Waals surface area contributed by atoms with Gasteiger partial charge in [-0.2, -0.15) is 0 Å². The van der Waals surface area contributed by atoms with E-state index in [9.17, 15) is 13.6 Å². The molecule has 0 bridgehead atoms. The number of anilines is 1. The minimum atomic E-state index is -0.906. The molecule has 21 heavy (non-hydrogen) atoms. The van der Waals surface area contributed by atoms with Crippen molar-refractivity contribution < 1.29 is 13.6 Å². The lowest BCUT2D eigenvalue weighted by atomic mass is 10.1. The molecule has 0 heterocycles. The van der Waals surface area contributed by atoms with E-state index in [1.807, 2.05) is 0 Å². The summed E-state index contributed by atoms with van der Waals surface area (Å²) >= 11 is 5.80. The number of halogens is 3. The lowest BCUT2D eigenvalue weighted by Gasteiger charge is -2.22. The molecule has 0 unspecified atom stereocenters. The number of nitrogens with two attached hydrogens (primary N) is 1. The Balaban J connectivity index is 2.37. The van der Waals surface area contributed by atoms with Gasteiger partial charge in [0.2, 0.25) is 0 Å². The molecule has 0 aliphatic rings. The second kappa shape index (κ2) is 6.65. The van der Waals surface area contributed by atoms with Gasteiger partial charge in [-0.25, -0.2) is 8.78 Å². The Morgan fingerprint density at radius 1 is 1.14 bits per heavy atom. The van der Waals surface area contributed by atoms with Gasteiger partial charge in [-0.3, -0.25) is 4.79 Å². The van der Waals surface area contributed by atoms with Gasteiger partial charge in [0.25, 0.3) is 5.91 Å². The van der Waals surface area contributed by atoms with Crippen LogP contribution in [0.15, 0.2) is 42.5 Å². The van der Waals surface area contributed by atoms with Crippen molar-refractivity contribution >= 4 is 23.2 Å². The van der Waals surface area contributed by atoms with Crippen LogP contribution in [0, 0.1) is 11.6 Å². The first-order valence-electron chi connectivity index (χ1n) is 6.25. The van der Waals surface area contributed by atoms with E-state index in [0.717, 1.165) is 12.1 Å². The van der Waals surface area contributed by atoms with E-state index in [0.29, 0.717) is 16.8 Å². The lowest BCUT2D eigenvalue weighted by molar-refractivity contribution is 0.0983. The van der Waals surface area contributed by atoms with Crippen molar-refractivity contribution in [2.75, 3.05) is 18.0 Å². The standard InChI is InChI=1S/C15H13ClF2N2O/c16-10-1-4-12(5-2-10)20(8-7-19)15(21)13-6-3-11(17)9-14(13)18/h1-6,9H,7-8,19H2. The van der Waals surface area contributed by atoms with Crippen molar-refractivity contribution in [3.63, 3.8) is 0 Å². The highest BCUT2D eigenvalue weighted by molar-refractivity contribution is 6.30. The minimum absolute atomic E-state index is 0.206. The summed E-state index contributed by atoms with van der Waals surface area (Å²) in [6, 6.07) is 9.35. The van der Waals surface area contributed by atoms with Crippen LogP contribution in [0.25, 0.3) is 0 Å². The Labute approximate surface area is 125 Å². The summed E-state index contributed by atoms with van der Waals surface area (Å²) in [4.78, 5) is 13.8. The summed E-state index contributed by atoms with van der Waals surface area (Å²) in [5.74, 6) is -2.22. The Morgan fingerprint density at radius 3 is 2.38 bits per heavy atom. The molecule has 2 rings (SSSR count). The maximum atomic E-state index is 13.7. The highest BCUT2D eigenvalue weighted by Gasteiger charge is 2.20. The third kappa shape index (κ3) is 3.56. The van der Waals surface area contributed by atoms with Crippen LogP contribution in [0.1, 0.15) is 10.4 Å². The van der Waals surface area contributed by atoms with Crippen molar-refractivity contribution in [3.8, 4) is 0 Å². The van der Waals surface area contributed by atoms with Crippen molar-refractivity contribution in [1.29, 1.82) is 0 Å². The maximum Gasteiger partial charge on any atom is 0.261 e. The summed E-state index contributed by atoms with van der Waals surface area (Å²) in [7, 11) is 0. The van der Waals surface area contributed by atoms with Crippen LogP contribution in [-0.4, -0.2) is 19.0 Å². The number of carbonyl (C=O) groups excluding carboxylic acids is 1. The highest BCUT2D eigenvalue weighted by Crippen LogP contribution is 2.21. The van der Waals surface area contributed by atoms with Gasteiger partial charge in [0.15, 0.2) is 0 Å². The summed E-state index contributed by atoms with van der Waals surface area (Å²) in [6.45, 7) is 0.411. The van der Waals surface area contributed by atoms with Gasteiger partial charge >= 0.3 is 0 Å². The zero-order chi connectivity index (χ0) is 15.4. The molecule has 0 aliphatic heterocycles. The number of rotatable bonds is 4. The first-order chi connectivity index (χ1) is 10.0. The van der Waals surface area contributed by atoms with E-state index in [-0.39, 0.29) is 18.7 Å². The van der Waals surface area contributed by atoms with Crippen LogP contribution in [0.4, 0.5) is 14.5 Å². The number of hydrogen-bond donors (Lipinski definition) is 1. The lowest BCUT2D eigenvalue weighted by Crippen LogP contribution is -2.35. The molecule has 0 aromatic heterocycles. The predicted octanol–water partition coefficient (Wildman–Crippen LogP) is 3.22. The molecule has 0 saturated heterocycles. The Kier molecular flexibility index (Phi) is 4.88. The minimum Gasteiger partial charge on any atom is -0.329 e. The van der Waals surface area contributed by atoms with E-state index in [2.05, 4.69) is 0 Å². The number of benzene rings is 2. The van der Waals surface area contributed by atoms with Crippen molar-refractivity contribution in [3.05, 3.63) is 64.7 Å². The van der Waals surface area contributed by atoms with Crippen molar-refractivity contribution in [1.82, 2.24) is 0 Å². The average Bonchev–Trinajstić information content (AvgIpc) is 2.45. The third-order valence-corrected chi connectivity index (χ3v) is 3.15. The van der Waals surface area contributed by atoms with Gasteiger partial charge in [0.1, 0.15) is 11.6 Å². The molecule has 0 atom stereocenters. The molecule has 3 nitrogen and oxygen atoms in total. The first-order valence-corrected chi connectivity index (χ1v) is 6.63. The molecule has 0 radical (unpaired) electrons. The molecular formula is C15H13ClF2N2O. The van der Waals surface area contributed by atoms with Crippen LogP contribution >= 0.6 is 11.6 Å². The number of amides is 1. The molecular weight excluding hydrogens is 298 g/mol. The molecule has 0 aliphatic carbocycles. The van der Waals surface area contributed by atoms with E-state index >= 15 is 0 Å². The second-order valence-corrected chi connectivity index (χ2v) is 4.78. The average molecular weight is 311 g/mol. The monoisotopic (exact) mass is 310 g/mol. The van der Waals surface area contributed by atoms with E-state index < -0.39 is 17.5 Å². The van der Waals surface area contributed by atoms with Crippen molar-refractivity contribution in [2.24, 2.45) is 5.73 Å². The van der Waals surface area contributed by atoms with Crippen LogP contribution in [0.3, 0.4) is 0 Å². The molecule has 6 heteroatoms. The predicted molar refractivity (Wildman–Crippen MR) is 78.5 cm³/mol. The van der Waals surface area contributed by atoms with E-state index in [1.54, 1.807) is 24.3 Å². The van der Waals surface area contributed by atoms with Gasteiger partial charge in [-0.05, 0) is 36.4 Å². The van der Waals surface area contributed by atoms with Crippen LogP contribution in [0.2, 0.25) is 5.02 Å². The summed E-state index contributed by atoms with van der Waals surface area (Å²) < 4.78 is 26.7. The highest BCUT2D eigenvalue weighted by atomic mass is 35.5. The van der Waals surface area contributed by atoms with Gasteiger partial charge in [0, 0.05) is 29.9 Å². The van der Waals surface area contributed by atoms with Gasteiger partial charge in [-0.1, -0.05) is 11.6 Å². The summed E-state index contributed by atoms with van der Waals surface area (Å²) in [6.07, 6.45) is 0. The SMILES string of the molecule is NCCN(C(=O)c1ccc(F)cc1F)c1ccc(Cl)cc1. The molecule has 2 aromatic carbocycles. The number of carbonyl (C=O) groups is 1. The molecule has 0 fully saturated rings. The van der Waals surface area contributed by atoms with Crippen LogP contribution in [-0.2, 0) is 0 Å². The summed E-state index contributed by atoms with van der Waals surface area (Å²) in [5, 5.41) is 0.520. The molecule has 0 saturated carbocycles. The first kappa shape index (κ1) is 15.4. The van der Waals surface area contributed by atoms with Gasteiger partial charge < -0.3 is 10.6 Å². The zero-order valence-corrected chi connectivity index (χ0v) is 11.8. The normalized spacial score (nSPS) is 10.5. The van der Waals surface area contributed by atoms with Crippen LogP contribution in [0.5, 0.6) is 0 Å². The molecule has 2 N–H and O–H groups in total. The fourth-order valence-corrected chi connectivity index (χ4v) is 2.03. The second-order valence-electron chi connectivity index (χ2n) is 4.35. The fourth-order valence-electron chi connectivity index (χ4n) is 1.91. The van der Waals surface area contributed by atoms with Crippen molar-refractivity contribution in [2.45, 2.75) is 0 Å². The van der Waals surface area contributed by atoms with Gasteiger partial charge in [0.05, 0.1) is 5.56 Å². The molecule has 0 spiro atoms. The topological polar surface area (TPSA) is 46.3 Å². The molecule has 110 valence electrons. The largest absolute Gasteiger partial charge is 0.329 e. The van der Waals surface area contributed by atoms with E-state index in [4.69, 9.17) is 17.3 Å². The fraction of sp³-hybridized carbons (Fsp3) is 0.133. The Hall–Kier alpha value is -1.98.